The van der Waals surface area contributed by atoms with E-state index >= 15 is 0 Å². The molecule has 0 saturated heterocycles. The van der Waals surface area contributed by atoms with Crippen molar-refractivity contribution in [2.75, 3.05) is 12.0 Å². The van der Waals surface area contributed by atoms with E-state index in [9.17, 15) is 13.2 Å². The monoisotopic (exact) mass is 271 g/mol. The van der Waals surface area contributed by atoms with E-state index in [0.29, 0.717) is 0 Å². The van der Waals surface area contributed by atoms with E-state index in [0.717, 1.165) is 6.26 Å². The number of rotatable bonds is 2. The highest BCUT2D eigenvalue weighted by atomic mass is 32.2. The van der Waals surface area contributed by atoms with Crippen LogP contribution >= 0.6 is 0 Å². The number of nitrogens with two attached hydrogens (primary N) is 1. The first kappa shape index (κ1) is 14.5. The van der Waals surface area contributed by atoms with E-state index in [1.54, 1.807) is 20.8 Å². The third-order valence-corrected chi connectivity index (χ3v) is 3.18. The van der Waals surface area contributed by atoms with Gasteiger partial charge in [0.1, 0.15) is 5.60 Å². The van der Waals surface area contributed by atoms with Gasteiger partial charge in [0.15, 0.2) is 9.84 Å². The second kappa shape index (κ2) is 4.61. The van der Waals surface area contributed by atoms with Crippen LogP contribution in [-0.2, 0) is 14.6 Å². The molecule has 2 N–H and O–H groups in total. The molecule has 0 saturated carbocycles. The van der Waals surface area contributed by atoms with Crippen molar-refractivity contribution < 1.29 is 17.9 Å². The maximum absolute atomic E-state index is 11.9. The Hall–Kier alpha value is -1.56. The molecule has 0 radical (unpaired) electrons. The number of sulfone groups is 1. The predicted molar refractivity (Wildman–Crippen MR) is 69.1 cm³/mol. The molecule has 0 heterocycles. The van der Waals surface area contributed by atoms with Crippen LogP contribution in [0.2, 0.25) is 0 Å². The number of carbonyl (C=O) groups is 1. The lowest BCUT2D eigenvalue weighted by Gasteiger charge is -2.20. The van der Waals surface area contributed by atoms with Gasteiger partial charge in [-0.15, -0.1) is 0 Å². The summed E-state index contributed by atoms with van der Waals surface area (Å²) in [7, 11) is -3.38. The summed E-state index contributed by atoms with van der Waals surface area (Å²) in [6, 6.07) is 3.98. The number of nitrogen functional groups attached to an aromatic ring is 1. The normalized spacial score (nSPS) is 12.2. The topological polar surface area (TPSA) is 86.5 Å². The van der Waals surface area contributed by atoms with Crippen molar-refractivity contribution in [3.63, 3.8) is 0 Å². The van der Waals surface area contributed by atoms with Gasteiger partial charge in [-0.2, -0.15) is 0 Å². The first-order valence-electron chi connectivity index (χ1n) is 5.33. The van der Waals surface area contributed by atoms with E-state index in [1.807, 2.05) is 0 Å². The molecule has 0 fully saturated rings. The molecular weight excluding hydrogens is 254 g/mol. The zero-order chi connectivity index (χ0) is 14.1. The van der Waals surface area contributed by atoms with Crippen LogP contribution in [0.25, 0.3) is 0 Å². The summed E-state index contributed by atoms with van der Waals surface area (Å²) in [5.41, 5.74) is 5.25. The Balaban J connectivity index is 3.21. The van der Waals surface area contributed by atoms with Gasteiger partial charge in [0.2, 0.25) is 0 Å². The van der Waals surface area contributed by atoms with E-state index < -0.39 is 21.4 Å². The van der Waals surface area contributed by atoms with Gasteiger partial charge < -0.3 is 10.5 Å². The largest absolute Gasteiger partial charge is 0.456 e. The Bertz CT molecular complexity index is 570. The molecule has 1 aromatic carbocycles. The lowest BCUT2D eigenvalue weighted by molar-refractivity contribution is 0.00705. The van der Waals surface area contributed by atoms with Crippen molar-refractivity contribution in [1.82, 2.24) is 0 Å². The highest BCUT2D eigenvalue weighted by Gasteiger charge is 2.21. The molecule has 1 aromatic rings. The van der Waals surface area contributed by atoms with Crippen LogP contribution < -0.4 is 5.73 Å². The second-order valence-electron chi connectivity index (χ2n) is 5.02. The number of benzene rings is 1. The second-order valence-corrected chi connectivity index (χ2v) is 7.04. The molecule has 0 amide bonds. The van der Waals surface area contributed by atoms with Crippen LogP contribution in [0, 0.1) is 0 Å². The molecule has 100 valence electrons. The number of anilines is 1. The molecule has 0 unspecified atom stereocenters. The molecule has 0 aliphatic heterocycles. The molecule has 0 aromatic heterocycles. The zero-order valence-corrected chi connectivity index (χ0v) is 11.7. The highest BCUT2D eigenvalue weighted by molar-refractivity contribution is 7.90. The Morgan fingerprint density at radius 3 is 2.28 bits per heavy atom. The molecule has 0 atom stereocenters. The SMILES string of the molecule is CC(C)(C)OC(=O)c1cc(S(C)(=O)=O)ccc1N. The third-order valence-electron chi connectivity index (χ3n) is 2.07. The lowest BCUT2D eigenvalue weighted by Crippen LogP contribution is -2.24. The number of ether oxygens (including phenoxy) is 1. The predicted octanol–water partition coefficient (Wildman–Crippen LogP) is 1.63. The number of carbonyl (C=O) groups excluding carboxylic acids is 1. The highest BCUT2D eigenvalue weighted by Crippen LogP contribution is 2.21. The van der Waals surface area contributed by atoms with Crippen LogP contribution in [0.5, 0.6) is 0 Å². The van der Waals surface area contributed by atoms with Gasteiger partial charge in [0.05, 0.1) is 10.5 Å². The van der Waals surface area contributed by atoms with Gasteiger partial charge in [-0.3, -0.25) is 0 Å². The summed E-state index contributed by atoms with van der Waals surface area (Å²) in [6.45, 7) is 5.17. The molecule has 1 rings (SSSR count). The van der Waals surface area contributed by atoms with E-state index in [-0.39, 0.29) is 16.1 Å². The van der Waals surface area contributed by atoms with Crippen LogP contribution in [0.15, 0.2) is 23.1 Å². The molecule has 0 aliphatic rings. The van der Waals surface area contributed by atoms with Crippen molar-refractivity contribution in [2.45, 2.75) is 31.3 Å². The minimum atomic E-state index is -3.38. The number of esters is 1. The third kappa shape index (κ3) is 3.73. The summed E-state index contributed by atoms with van der Waals surface area (Å²) in [6.07, 6.45) is 1.07. The van der Waals surface area contributed by atoms with Gasteiger partial charge in [-0.25, -0.2) is 13.2 Å². The van der Waals surface area contributed by atoms with E-state index in [1.165, 1.54) is 18.2 Å². The number of hydrogen-bond acceptors (Lipinski definition) is 5. The summed E-state index contributed by atoms with van der Waals surface area (Å²) < 4.78 is 28.0. The van der Waals surface area contributed by atoms with Crippen LogP contribution in [-0.4, -0.2) is 26.2 Å². The maximum Gasteiger partial charge on any atom is 0.340 e. The molecule has 18 heavy (non-hydrogen) atoms. The fourth-order valence-electron chi connectivity index (χ4n) is 1.28. The summed E-state index contributed by atoms with van der Waals surface area (Å²) in [4.78, 5) is 11.9. The average Bonchev–Trinajstić information content (AvgIpc) is 2.13. The smallest absolute Gasteiger partial charge is 0.340 e. The lowest BCUT2D eigenvalue weighted by atomic mass is 10.1. The minimum Gasteiger partial charge on any atom is -0.456 e. The van der Waals surface area contributed by atoms with Crippen molar-refractivity contribution in [1.29, 1.82) is 0 Å². The van der Waals surface area contributed by atoms with Crippen molar-refractivity contribution in [3.8, 4) is 0 Å². The van der Waals surface area contributed by atoms with Crippen LogP contribution in [0.1, 0.15) is 31.1 Å². The van der Waals surface area contributed by atoms with Gasteiger partial charge in [0.25, 0.3) is 0 Å². The maximum atomic E-state index is 11.9. The molecule has 0 spiro atoms. The zero-order valence-electron chi connectivity index (χ0n) is 10.9. The summed E-state index contributed by atoms with van der Waals surface area (Å²) in [5.74, 6) is -0.634. The van der Waals surface area contributed by atoms with Gasteiger partial charge >= 0.3 is 5.97 Å². The van der Waals surface area contributed by atoms with Crippen molar-refractivity contribution >= 4 is 21.5 Å². The van der Waals surface area contributed by atoms with Crippen molar-refractivity contribution in [2.24, 2.45) is 0 Å². The van der Waals surface area contributed by atoms with E-state index in [4.69, 9.17) is 10.5 Å². The quantitative estimate of drug-likeness (QED) is 0.652. The Morgan fingerprint density at radius 2 is 1.83 bits per heavy atom. The molecule has 0 aliphatic carbocycles. The van der Waals surface area contributed by atoms with Gasteiger partial charge in [0, 0.05) is 11.9 Å². The van der Waals surface area contributed by atoms with Gasteiger partial charge in [-0.05, 0) is 39.0 Å². The molecular formula is C12H17NO4S. The molecule has 6 heteroatoms. The number of hydrogen-bond donors (Lipinski definition) is 1. The summed E-state index contributed by atoms with van der Waals surface area (Å²) >= 11 is 0. The summed E-state index contributed by atoms with van der Waals surface area (Å²) in [5, 5.41) is 0. The standard InChI is InChI=1S/C12H17NO4S/c1-12(2,3)17-11(14)9-7-8(18(4,15)16)5-6-10(9)13/h5-7H,13H2,1-4H3. The van der Waals surface area contributed by atoms with Crippen LogP contribution in [0.4, 0.5) is 5.69 Å². The fourth-order valence-corrected chi connectivity index (χ4v) is 1.92. The van der Waals surface area contributed by atoms with E-state index in [2.05, 4.69) is 0 Å². The first-order chi connectivity index (χ1) is 8.00. The fraction of sp³-hybridized carbons (Fsp3) is 0.417. The Morgan fingerprint density at radius 1 is 1.28 bits per heavy atom. The minimum absolute atomic E-state index is 0.0394. The van der Waals surface area contributed by atoms with Gasteiger partial charge in [-0.1, -0.05) is 0 Å². The molecule has 5 nitrogen and oxygen atoms in total. The van der Waals surface area contributed by atoms with Crippen LogP contribution in [0.3, 0.4) is 0 Å². The first-order valence-corrected chi connectivity index (χ1v) is 7.23. The average molecular weight is 271 g/mol. The Labute approximate surface area is 107 Å². The Kier molecular flexibility index (Phi) is 3.71. The molecule has 0 bridgehead atoms. The van der Waals surface area contributed by atoms with Crippen molar-refractivity contribution in [3.05, 3.63) is 23.8 Å².